The van der Waals surface area contributed by atoms with Crippen LogP contribution in [0.25, 0.3) is 17.1 Å². The van der Waals surface area contributed by atoms with Crippen LogP contribution in [0.15, 0.2) is 78.0 Å². The number of carbonyl (C=O) groups is 2. The van der Waals surface area contributed by atoms with Crippen molar-refractivity contribution in [1.29, 1.82) is 0 Å². The van der Waals surface area contributed by atoms with E-state index in [0.717, 1.165) is 11.3 Å². The lowest BCUT2D eigenvalue weighted by atomic mass is 10.2. The van der Waals surface area contributed by atoms with Crippen molar-refractivity contribution in [3.63, 3.8) is 0 Å². The minimum Gasteiger partial charge on any atom is -0.454 e. The summed E-state index contributed by atoms with van der Waals surface area (Å²) in [6, 6.07) is 21.7. The highest BCUT2D eigenvalue weighted by molar-refractivity contribution is 8.00. The Bertz CT molecular complexity index is 1390. The van der Waals surface area contributed by atoms with Gasteiger partial charge in [0.2, 0.25) is 18.6 Å². The van der Waals surface area contributed by atoms with E-state index in [2.05, 4.69) is 15.5 Å². The lowest BCUT2D eigenvalue weighted by Crippen LogP contribution is -2.23. The molecule has 3 aromatic carbocycles. The molecule has 1 aromatic heterocycles. The maximum absolute atomic E-state index is 12.9. The van der Waals surface area contributed by atoms with Crippen LogP contribution in [0.4, 0.5) is 5.69 Å². The van der Waals surface area contributed by atoms with Gasteiger partial charge in [-0.25, -0.2) is 0 Å². The predicted octanol–water partition coefficient (Wildman–Crippen LogP) is 3.88. The van der Waals surface area contributed by atoms with E-state index in [1.165, 1.54) is 11.8 Å². The number of fused-ring (bicyclic) bond motifs is 1. The third kappa shape index (κ3) is 4.69. The van der Waals surface area contributed by atoms with E-state index < -0.39 is 11.2 Å². The van der Waals surface area contributed by atoms with Crippen LogP contribution in [0, 0.1) is 0 Å². The molecule has 0 spiro atoms. The Hall–Kier alpha value is -4.31. The highest BCUT2D eigenvalue weighted by Crippen LogP contribution is 2.37. The molecule has 1 aliphatic heterocycles. The molecule has 0 fully saturated rings. The van der Waals surface area contributed by atoms with Crippen molar-refractivity contribution in [3.8, 4) is 28.6 Å². The normalized spacial score (nSPS) is 12.8. The summed E-state index contributed by atoms with van der Waals surface area (Å²) < 4.78 is 12.9. The van der Waals surface area contributed by atoms with E-state index in [9.17, 15) is 9.59 Å². The molecule has 1 aliphatic rings. The van der Waals surface area contributed by atoms with Gasteiger partial charge >= 0.3 is 0 Å². The summed E-state index contributed by atoms with van der Waals surface area (Å²) in [5, 5.41) is 11.8. The van der Waals surface area contributed by atoms with Crippen molar-refractivity contribution in [2.75, 3.05) is 12.1 Å². The van der Waals surface area contributed by atoms with Gasteiger partial charge in [0.05, 0.1) is 5.25 Å². The number of carbonyl (C=O) groups excluding carboxylic acids is 2. The van der Waals surface area contributed by atoms with Crippen molar-refractivity contribution >= 4 is 29.3 Å². The van der Waals surface area contributed by atoms with E-state index in [1.807, 2.05) is 53.1 Å². The number of nitrogens with one attached hydrogen (secondary N) is 1. The summed E-state index contributed by atoms with van der Waals surface area (Å²) in [5.41, 5.74) is 7.89. The molecule has 5 rings (SSSR count). The zero-order valence-electron chi connectivity index (χ0n) is 18.7. The number of nitrogens with zero attached hydrogens (tertiary/aromatic N) is 3. The third-order valence-electron chi connectivity index (χ3n) is 5.37. The van der Waals surface area contributed by atoms with Gasteiger partial charge in [-0.05, 0) is 61.5 Å². The van der Waals surface area contributed by atoms with E-state index in [-0.39, 0.29) is 12.7 Å². The van der Waals surface area contributed by atoms with Crippen molar-refractivity contribution < 1.29 is 19.1 Å². The maximum atomic E-state index is 12.9. The van der Waals surface area contributed by atoms with Crippen LogP contribution in [-0.2, 0) is 4.79 Å². The number of rotatable bonds is 7. The van der Waals surface area contributed by atoms with Crippen molar-refractivity contribution in [1.82, 2.24) is 14.8 Å². The number of amides is 2. The van der Waals surface area contributed by atoms with Crippen molar-refractivity contribution in [2.45, 2.75) is 17.3 Å². The van der Waals surface area contributed by atoms with E-state index in [0.29, 0.717) is 33.7 Å². The number of hydrogen-bond donors (Lipinski definition) is 2. The zero-order valence-corrected chi connectivity index (χ0v) is 19.5. The van der Waals surface area contributed by atoms with Crippen LogP contribution >= 0.6 is 11.8 Å². The van der Waals surface area contributed by atoms with Crippen LogP contribution in [0.3, 0.4) is 0 Å². The third-order valence-corrected chi connectivity index (χ3v) is 6.41. The molecule has 35 heavy (non-hydrogen) atoms. The van der Waals surface area contributed by atoms with Gasteiger partial charge in [0.15, 0.2) is 22.5 Å². The van der Waals surface area contributed by atoms with E-state index in [1.54, 1.807) is 31.2 Å². The van der Waals surface area contributed by atoms with Crippen LogP contribution < -0.4 is 20.5 Å². The molecule has 10 heteroatoms. The largest absolute Gasteiger partial charge is 0.454 e. The fraction of sp³-hybridized carbons (Fsp3) is 0.120. The zero-order chi connectivity index (χ0) is 24.4. The van der Waals surface area contributed by atoms with Gasteiger partial charge in [0, 0.05) is 22.5 Å². The number of para-hydroxylation sites is 1. The van der Waals surface area contributed by atoms with Gasteiger partial charge in [0.1, 0.15) is 0 Å². The monoisotopic (exact) mass is 487 g/mol. The van der Waals surface area contributed by atoms with E-state index >= 15 is 0 Å². The molecular weight excluding hydrogens is 466 g/mol. The summed E-state index contributed by atoms with van der Waals surface area (Å²) >= 11 is 1.29. The molecule has 9 nitrogen and oxygen atoms in total. The molecule has 0 bridgehead atoms. The number of primary amides is 1. The second-order valence-electron chi connectivity index (χ2n) is 7.74. The second kappa shape index (κ2) is 9.51. The topological polar surface area (TPSA) is 121 Å². The van der Waals surface area contributed by atoms with Gasteiger partial charge in [-0.1, -0.05) is 30.0 Å². The van der Waals surface area contributed by atoms with Crippen LogP contribution in [0.5, 0.6) is 11.5 Å². The molecule has 176 valence electrons. The number of ether oxygens (including phenoxy) is 2. The Morgan fingerprint density at radius 2 is 1.74 bits per heavy atom. The minimum atomic E-state index is -0.523. The fourth-order valence-corrected chi connectivity index (χ4v) is 4.42. The minimum absolute atomic E-state index is 0.184. The quantitative estimate of drug-likeness (QED) is 0.379. The Kier molecular flexibility index (Phi) is 6.11. The Morgan fingerprint density at radius 1 is 1.00 bits per heavy atom. The summed E-state index contributed by atoms with van der Waals surface area (Å²) in [4.78, 5) is 24.1. The van der Waals surface area contributed by atoms with Gasteiger partial charge in [-0.2, -0.15) is 0 Å². The molecule has 1 atom stereocenters. The Balaban J connectivity index is 1.41. The first-order valence-electron chi connectivity index (χ1n) is 10.8. The number of aromatic nitrogens is 3. The summed E-state index contributed by atoms with van der Waals surface area (Å²) in [7, 11) is 0. The van der Waals surface area contributed by atoms with Crippen molar-refractivity contribution in [2.24, 2.45) is 5.73 Å². The Morgan fingerprint density at radius 3 is 2.49 bits per heavy atom. The van der Waals surface area contributed by atoms with Gasteiger partial charge in [-0.15, -0.1) is 10.2 Å². The average Bonchev–Trinajstić information content (AvgIpc) is 3.51. The first-order valence-corrected chi connectivity index (χ1v) is 11.7. The van der Waals surface area contributed by atoms with Gasteiger partial charge in [-0.3, -0.25) is 14.2 Å². The lowest BCUT2D eigenvalue weighted by molar-refractivity contribution is -0.115. The maximum Gasteiger partial charge on any atom is 0.248 e. The summed E-state index contributed by atoms with van der Waals surface area (Å²) in [6.07, 6.45) is 0. The number of benzene rings is 3. The molecule has 2 heterocycles. The highest BCUT2D eigenvalue weighted by atomic mass is 32.2. The number of thioether (sulfide) groups is 1. The molecule has 0 radical (unpaired) electrons. The SMILES string of the molecule is C[C@@H](Sc1nnc(-c2ccc3c(c2)OCO3)n1-c1ccccc1)C(=O)Nc1ccc(C(N)=O)cc1. The molecule has 2 amide bonds. The summed E-state index contributed by atoms with van der Waals surface area (Å²) in [6.45, 7) is 1.98. The summed E-state index contributed by atoms with van der Waals surface area (Å²) in [5.74, 6) is 1.21. The van der Waals surface area contributed by atoms with Gasteiger partial charge < -0.3 is 20.5 Å². The first kappa shape index (κ1) is 22.5. The predicted molar refractivity (Wildman–Crippen MR) is 132 cm³/mol. The molecule has 0 saturated carbocycles. The first-order chi connectivity index (χ1) is 17.0. The van der Waals surface area contributed by atoms with Crippen molar-refractivity contribution in [3.05, 3.63) is 78.4 Å². The smallest absolute Gasteiger partial charge is 0.248 e. The standard InChI is InChI=1S/C25H21N5O4S/c1-15(24(32)27-18-10-7-16(8-11-18)22(26)31)35-25-29-28-23(30(25)19-5-3-2-4-6-19)17-9-12-20-21(13-17)34-14-33-20/h2-13,15H,14H2,1H3,(H2,26,31)(H,27,32)/t15-/m1/s1. The molecule has 0 saturated heterocycles. The fourth-order valence-electron chi connectivity index (χ4n) is 3.55. The molecule has 4 aromatic rings. The lowest BCUT2D eigenvalue weighted by Gasteiger charge is -2.14. The molecule has 0 unspecified atom stereocenters. The van der Waals surface area contributed by atoms with Crippen LogP contribution in [0.1, 0.15) is 17.3 Å². The number of hydrogen-bond acceptors (Lipinski definition) is 7. The van der Waals surface area contributed by atoms with Crippen LogP contribution in [-0.4, -0.2) is 38.6 Å². The molecule has 0 aliphatic carbocycles. The molecular formula is C25H21N5O4S. The second-order valence-corrected chi connectivity index (χ2v) is 9.04. The Labute approximate surface area is 205 Å². The number of anilines is 1. The van der Waals surface area contributed by atoms with Crippen LogP contribution in [0.2, 0.25) is 0 Å². The van der Waals surface area contributed by atoms with E-state index in [4.69, 9.17) is 15.2 Å². The van der Waals surface area contributed by atoms with Gasteiger partial charge in [0.25, 0.3) is 0 Å². The molecule has 3 N–H and O–H groups in total. The number of nitrogens with two attached hydrogens (primary N) is 1. The highest BCUT2D eigenvalue weighted by Gasteiger charge is 2.23. The average molecular weight is 488 g/mol.